The van der Waals surface area contributed by atoms with Gasteiger partial charge >= 0.3 is 0 Å². The molecule has 5 nitrogen and oxygen atoms in total. The maximum Gasteiger partial charge on any atom is 0.230 e. The van der Waals surface area contributed by atoms with Crippen molar-refractivity contribution in [2.24, 2.45) is 17.6 Å². The number of H-pyrrole nitrogens is 1. The van der Waals surface area contributed by atoms with Crippen LogP contribution >= 0.6 is 0 Å². The lowest BCUT2D eigenvalue weighted by Crippen LogP contribution is -2.33. The molecule has 0 fully saturated rings. The number of carbonyl (C=O) groups excluding carboxylic acids is 1. The zero-order chi connectivity index (χ0) is 12.3. The highest BCUT2D eigenvalue weighted by atomic mass is 16.2. The number of nitrogens with zero attached hydrogens (tertiary/aromatic N) is 1. The first kappa shape index (κ1) is 12.7. The normalized spacial score (nSPS) is 12.9. The van der Waals surface area contributed by atoms with Crippen LogP contribution in [0.3, 0.4) is 0 Å². The van der Waals surface area contributed by atoms with Gasteiger partial charge in [-0.2, -0.15) is 5.10 Å². The number of rotatable bonds is 4. The predicted octanol–water partition coefficient (Wildman–Crippen LogP) is 1.20. The number of aromatic nitrogens is 2. The molecule has 0 saturated carbocycles. The third-order valence-corrected chi connectivity index (χ3v) is 2.89. The number of aryl methyl sites for hydroxylation is 1. The fourth-order valence-electron chi connectivity index (χ4n) is 1.50. The molecule has 16 heavy (non-hydrogen) atoms. The highest BCUT2D eigenvalue weighted by molar-refractivity contribution is 5.92. The number of carbonyl (C=O) groups is 1. The molecule has 0 aliphatic rings. The van der Waals surface area contributed by atoms with Crippen molar-refractivity contribution in [1.82, 2.24) is 10.2 Å². The summed E-state index contributed by atoms with van der Waals surface area (Å²) in [5.41, 5.74) is 7.51. The number of hydrogen-bond donors (Lipinski definition) is 3. The summed E-state index contributed by atoms with van der Waals surface area (Å²) in [4.78, 5) is 11.9. The molecule has 1 aromatic rings. The van der Waals surface area contributed by atoms with Gasteiger partial charge in [0, 0.05) is 17.8 Å². The van der Waals surface area contributed by atoms with Crippen LogP contribution in [0.15, 0.2) is 0 Å². The van der Waals surface area contributed by atoms with E-state index in [4.69, 9.17) is 5.73 Å². The molecule has 0 saturated heterocycles. The molecule has 0 spiro atoms. The second-order valence-corrected chi connectivity index (χ2v) is 4.40. The van der Waals surface area contributed by atoms with Crippen molar-refractivity contribution in [3.8, 4) is 0 Å². The largest absolute Gasteiger partial charge is 0.330 e. The molecular weight excluding hydrogens is 204 g/mol. The van der Waals surface area contributed by atoms with Crippen molar-refractivity contribution in [3.63, 3.8) is 0 Å². The maximum atomic E-state index is 11.9. The first-order chi connectivity index (χ1) is 7.47. The minimum Gasteiger partial charge on any atom is -0.330 e. The van der Waals surface area contributed by atoms with Crippen LogP contribution in [0.2, 0.25) is 0 Å². The van der Waals surface area contributed by atoms with E-state index in [2.05, 4.69) is 15.5 Å². The predicted molar refractivity (Wildman–Crippen MR) is 64.1 cm³/mol. The van der Waals surface area contributed by atoms with E-state index in [0.717, 1.165) is 11.3 Å². The second kappa shape index (κ2) is 5.12. The van der Waals surface area contributed by atoms with Gasteiger partial charge in [0.2, 0.25) is 5.91 Å². The molecule has 1 amide bonds. The van der Waals surface area contributed by atoms with Crippen LogP contribution < -0.4 is 11.1 Å². The van der Waals surface area contributed by atoms with E-state index in [9.17, 15) is 4.79 Å². The quantitative estimate of drug-likeness (QED) is 0.718. The monoisotopic (exact) mass is 224 g/mol. The molecular formula is C11H20N4O. The van der Waals surface area contributed by atoms with Gasteiger partial charge in [0.25, 0.3) is 0 Å². The van der Waals surface area contributed by atoms with Crippen molar-refractivity contribution in [3.05, 3.63) is 11.3 Å². The smallest absolute Gasteiger partial charge is 0.230 e. The van der Waals surface area contributed by atoms with Crippen LogP contribution in [-0.4, -0.2) is 22.6 Å². The van der Waals surface area contributed by atoms with E-state index in [1.54, 1.807) is 0 Å². The Morgan fingerprint density at radius 3 is 2.50 bits per heavy atom. The number of amides is 1. The van der Waals surface area contributed by atoms with E-state index in [1.165, 1.54) is 0 Å². The molecule has 1 atom stereocenters. The van der Waals surface area contributed by atoms with Crippen molar-refractivity contribution in [2.75, 3.05) is 11.9 Å². The molecule has 1 heterocycles. The molecule has 1 aromatic heterocycles. The van der Waals surface area contributed by atoms with Crippen LogP contribution in [0.4, 0.5) is 5.82 Å². The summed E-state index contributed by atoms with van der Waals surface area (Å²) in [6, 6.07) is 0. The van der Waals surface area contributed by atoms with Crippen LogP contribution in [-0.2, 0) is 4.79 Å². The first-order valence-electron chi connectivity index (χ1n) is 5.49. The van der Waals surface area contributed by atoms with Crippen LogP contribution in [0.1, 0.15) is 25.1 Å². The number of anilines is 1. The highest BCUT2D eigenvalue weighted by Crippen LogP contribution is 2.17. The lowest BCUT2D eigenvalue weighted by molar-refractivity contribution is -0.120. The van der Waals surface area contributed by atoms with E-state index in [0.29, 0.717) is 12.4 Å². The summed E-state index contributed by atoms with van der Waals surface area (Å²) in [7, 11) is 0. The van der Waals surface area contributed by atoms with Crippen molar-refractivity contribution >= 4 is 11.7 Å². The Kier molecular flexibility index (Phi) is 4.06. The third kappa shape index (κ3) is 2.61. The molecule has 1 rings (SSSR count). The minimum atomic E-state index is -0.170. The average Bonchev–Trinajstić information content (AvgIpc) is 2.50. The molecule has 0 aromatic carbocycles. The maximum absolute atomic E-state index is 11.9. The van der Waals surface area contributed by atoms with Gasteiger partial charge in [-0.15, -0.1) is 0 Å². The summed E-state index contributed by atoms with van der Waals surface area (Å²) < 4.78 is 0. The first-order valence-corrected chi connectivity index (χ1v) is 5.49. The lowest BCUT2D eigenvalue weighted by Gasteiger charge is -2.17. The molecule has 0 aliphatic heterocycles. The van der Waals surface area contributed by atoms with Gasteiger partial charge in [-0.3, -0.25) is 9.89 Å². The number of hydrogen-bond acceptors (Lipinski definition) is 3. The van der Waals surface area contributed by atoms with Gasteiger partial charge in [-0.25, -0.2) is 0 Å². The summed E-state index contributed by atoms with van der Waals surface area (Å²) in [5.74, 6) is 0.593. The topological polar surface area (TPSA) is 83.8 Å². The van der Waals surface area contributed by atoms with Crippen molar-refractivity contribution in [1.29, 1.82) is 0 Å². The minimum absolute atomic E-state index is 0.0629. The average molecular weight is 224 g/mol. The molecule has 0 bridgehead atoms. The zero-order valence-electron chi connectivity index (χ0n) is 10.3. The molecule has 0 radical (unpaired) electrons. The van der Waals surface area contributed by atoms with Crippen molar-refractivity contribution < 1.29 is 4.79 Å². The Morgan fingerprint density at radius 1 is 1.50 bits per heavy atom. The molecule has 90 valence electrons. The summed E-state index contributed by atoms with van der Waals surface area (Å²) >= 11 is 0. The Morgan fingerprint density at radius 2 is 2.12 bits per heavy atom. The van der Waals surface area contributed by atoms with E-state index in [-0.39, 0.29) is 17.7 Å². The zero-order valence-corrected chi connectivity index (χ0v) is 10.3. The Balaban J connectivity index is 2.74. The van der Waals surface area contributed by atoms with E-state index < -0.39 is 0 Å². The number of nitrogens with two attached hydrogens (primary N) is 1. The molecule has 1 unspecified atom stereocenters. The Bertz CT molecular complexity index is 370. The number of nitrogens with one attached hydrogen (secondary N) is 2. The standard InChI is InChI=1S/C11H20N4O/c1-6(2)9(5-12)11(16)13-10-7(3)8(4)14-15-10/h6,9H,5,12H2,1-4H3,(H2,13,14,15,16). The Hall–Kier alpha value is -1.36. The SMILES string of the molecule is Cc1[nH]nc(NC(=O)C(CN)C(C)C)c1C. The molecule has 5 heteroatoms. The van der Waals surface area contributed by atoms with Gasteiger partial charge < -0.3 is 11.1 Å². The Labute approximate surface area is 95.8 Å². The number of aromatic amines is 1. The summed E-state index contributed by atoms with van der Waals surface area (Å²) in [6.07, 6.45) is 0. The van der Waals surface area contributed by atoms with E-state index >= 15 is 0 Å². The fraction of sp³-hybridized carbons (Fsp3) is 0.636. The van der Waals surface area contributed by atoms with Gasteiger partial charge in [0.1, 0.15) is 0 Å². The third-order valence-electron chi connectivity index (χ3n) is 2.89. The van der Waals surface area contributed by atoms with Crippen LogP contribution in [0.5, 0.6) is 0 Å². The van der Waals surface area contributed by atoms with Gasteiger partial charge in [-0.1, -0.05) is 13.8 Å². The molecule has 4 N–H and O–H groups in total. The summed E-state index contributed by atoms with van der Waals surface area (Å²) in [6.45, 7) is 8.16. The van der Waals surface area contributed by atoms with Gasteiger partial charge in [0.05, 0.1) is 5.92 Å². The molecule has 0 aliphatic carbocycles. The highest BCUT2D eigenvalue weighted by Gasteiger charge is 2.21. The van der Waals surface area contributed by atoms with Gasteiger partial charge in [0.15, 0.2) is 5.82 Å². The fourth-order valence-corrected chi connectivity index (χ4v) is 1.50. The second-order valence-electron chi connectivity index (χ2n) is 4.40. The van der Waals surface area contributed by atoms with E-state index in [1.807, 2.05) is 27.7 Å². The summed E-state index contributed by atoms with van der Waals surface area (Å²) in [5, 5.41) is 9.67. The van der Waals surface area contributed by atoms with Crippen LogP contribution in [0.25, 0.3) is 0 Å². The van der Waals surface area contributed by atoms with Gasteiger partial charge in [-0.05, 0) is 19.8 Å². The lowest BCUT2D eigenvalue weighted by atomic mass is 9.95. The van der Waals surface area contributed by atoms with Crippen molar-refractivity contribution in [2.45, 2.75) is 27.7 Å². The van der Waals surface area contributed by atoms with Crippen LogP contribution in [0, 0.1) is 25.7 Å².